The van der Waals surface area contributed by atoms with Gasteiger partial charge in [-0.2, -0.15) is 9.61 Å². The number of sulfonamides is 1. The topological polar surface area (TPSA) is 83.7 Å². The smallest absolute Gasteiger partial charge is 0.211 e. The van der Waals surface area contributed by atoms with Crippen LogP contribution in [0.1, 0.15) is 30.0 Å². The van der Waals surface area contributed by atoms with Crippen LogP contribution in [0.4, 0.5) is 5.82 Å². The molecule has 3 aromatic heterocycles. The Morgan fingerprint density at radius 2 is 2.03 bits per heavy atom. The average molecular weight is 410 g/mol. The van der Waals surface area contributed by atoms with Crippen LogP contribution in [-0.4, -0.2) is 66.5 Å². The summed E-state index contributed by atoms with van der Waals surface area (Å²) in [5.74, 6) is 1.06. The molecule has 0 bridgehead atoms. The third-order valence-corrected chi connectivity index (χ3v) is 6.68. The summed E-state index contributed by atoms with van der Waals surface area (Å²) in [6.07, 6.45) is 7.93. The fourth-order valence-electron chi connectivity index (χ4n) is 3.79. The minimum Gasteiger partial charge on any atom is -0.355 e. The number of hydrogen-bond acceptors (Lipinski definition) is 6. The molecular formula is C19H23BN6O2S. The molecule has 0 saturated carbocycles. The van der Waals surface area contributed by atoms with Crippen molar-refractivity contribution in [2.24, 2.45) is 0 Å². The van der Waals surface area contributed by atoms with E-state index in [1.165, 1.54) is 10.6 Å². The summed E-state index contributed by atoms with van der Waals surface area (Å²) in [5.41, 5.74) is 3.16. The minimum absolute atomic E-state index is 0.179. The van der Waals surface area contributed by atoms with Gasteiger partial charge in [0.25, 0.3) is 0 Å². The first-order valence-corrected chi connectivity index (χ1v) is 11.4. The molecule has 29 heavy (non-hydrogen) atoms. The molecule has 3 aromatic rings. The van der Waals surface area contributed by atoms with Crippen LogP contribution in [0.15, 0.2) is 36.8 Å². The summed E-state index contributed by atoms with van der Waals surface area (Å²) in [6, 6.07) is 5.98. The number of aromatic nitrogens is 4. The highest BCUT2D eigenvalue weighted by atomic mass is 32.2. The lowest BCUT2D eigenvalue weighted by atomic mass is 9.93. The van der Waals surface area contributed by atoms with Gasteiger partial charge in [-0.1, -0.05) is 6.07 Å². The van der Waals surface area contributed by atoms with Gasteiger partial charge in [-0.25, -0.2) is 17.7 Å². The fraction of sp³-hybridized carbons (Fsp3) is 0.421. The Bertz CT molecular complexity index is 1110. The Morgan fingerprint density at radius 1 is 1.28 bits per heavy atom. The lowest BCUT2D eigenvalue weighted by molar-refractivity contribution is 0.318. The van der Waals surface area contributed by atoms with Gasteiger partial charge in [0, 0.05) is 63.0 Å². The van der Waals surface area contributed by atoms with Gasteiger partial charge in [0.05, 0.1) is 6.26 Å². The lowest BCUT2D eigenvalue weighted by Crippen LogP contribution is -2.37. The standard InChI is InChI=1S/C19H23BN6O2S/c1-24(13-14-4-3-7-21-11-14)18-10-17(23-19-16(20)12-22-26(18)19)15-5-8-25(9-6-15)29(2,27)28/h3-4,7,10-12,15H,5-6,8-9,13H2,1-2H3. The van der Waals surface area contributed by atoms with Crippen molar-refractivity contribution in [1.82, 2.24) is 23.9 Å². The number of anilines is 1. The maximum Gasteiger partial charge on any atom is 0.211 e. The molecule has 0 spiro atoms. The zero-order chi connectivity index (χ0) is 20.6. The monoisotopic (exact) mass is 410 g/mol. The molecule has 8 nitrogen and oxygen atoms in total. The van der Waals surface area contributed by atoms with Crippen molar-refractivity contribution in [3.63, 3.8) is 0 Å². The number of pyridine rings is 1. The van der Waals surface area contributed by atoms with Gasteiger partial charge in [-0.3, -0.25) is 4.98 Å². The molecule has 4 heterocycles. The van der Waals surface area contributed by atoms with Crippen LogP contribution in [0, 0.1) is 0 Å². The second-order valence-corrected chi connectivity index (χ2v) is 9.51. The first-order valence-electron chi connectivity index (χ1n) is 9.52. The molecule has 150 valence electrons. The van der Waals surface area contributed by atoms with Gasteiger partial charge in [-0.15, -0.1) is 0 Å². The van der Waals surface area contributed by atoms with E-state index >= 15 is 0 Å². The second-order valence-electron chi connectivity index (χ2n) is 7.53. The molecule has 0 aromatic carbocycles. The summed E-state index contributed by atoms with van der Waals surface area (Å²) in [7, 11) is 4.95. The number of piperidine rings is 1. The quantitative estimate of drug-likeness (QED) is 0.576. The Hall–Kier alpha value is -2.46. The van der Waals surface area contributed by atoms with E-state index in [9.17, 15) is 8.42 Å². The van der Waals surface area contributed by atoms with Gasteiger partial charge >= 0.3 is 0 Å². The van der Waals surface area contributed by atoms with Crippen molar-refractivity contribution >= 4 is 34.8 Å². The normalized spacial score (nSPS) is 16.3. The van der Waals surface area contributed by atoms with Gasteiger partial charge in [0.15, 0.2) is 5.65 Å². The Morgan fingerprint density at radius 3 is 2.69 bits per heavy atom. The molecule has 0 aliphatic carbocycles. The summed E-state index contributed by atoms with van der Waals surface area (Å²) in [4.78, 5) is 11.0. The van der Waals surface area contributed by atoms with Gasteiger partial charge in [-0.05, 0) is 29.9 Å². The van der Waals surface area contributed by atoms with Crippen LogP contribution in [0.2, 0.25) is 0 Å². The third kappa shape index (κ3) is 4.13. The third-order valence-electron chi connectivity index (χ3n) is 5.37. The first-order chi connectivity index (χ1) is 13.8. The summed E-state index contributed by atoms with van der Waals surface area (Å²) in [5, 5.41) is 4.40. The van der Waals surface area contributed by atoms with Crippen molar-refractivity contribution in [2.75, 3.05) is 31.3 Å². The van der Waals surface area contributed by atoms with E-state index in [0.717, 1.165) is 29.9 Å². The number of nitrogens with zero attached hydrogens (tertiary/aromatic N) is 6. The molecule has 0 unspecified atom stereocenters. The Balaban J connectivity index is 1.65. The zero-order valence-electron chi connectivity index (χ0n) is 16.6. The average Bonchev–Trinajstić information content (AvgIpc) is 3.08. The van der Waals surface area contributed by atoms with Crippen LogP contribution in [0.25, 0.3) is 5.65 Å². The zero-order valence-corrected chi connectivity index (χ0v) is 17.4. The first kappa shape index (κ1) is 19.8. The molecule has 0 amide bonds. The largest absolute Gasteiger partial charge is 0.355 e. The summed E-state index contributed by atoms with van der Waals surface area (Å²) < 4.78 is 26.9. The van der Waals surface area contributed by atoms with E-state index in [1.54, 1.807) is 16.9 Å². The van der Waals surface area contributed by atoms with Crippen molar-refractivity contribution in [2.45, 2.75) is 25.3 Å². The second kappa shape index (κ2) is 7.76. The van der Waals surface area contributed by atoms with Crippen LogP contribution < -0.4 is 10.4 Å². The maximum absolute atomic E-state index is 11.8. The molecule has 0 N–H and O–H groups in total. The van der Waals surface area contributed by atoms with Crippen LogP contribution in [-0.2, 0) is 16.6 Å². The molecule has 2 radical (unpaired) electrons. The molecule has 1 aliphatic rings. The molecule has 1 fully saturated rings. The van der Waals surface area contributed by atoms with Crippen LogP contribution >= 0.6 is 0 Å². The summed E-state index contributed by atoms with van der Waals surface area (Å²) in [6.45, 7) is 1.68. The van der Waals surface area contributed by atoms with Crippen molar-refractivity contribution in [1.29, 1.82) is 0 Å². The van der Waals surface area contributed by atoms with E-state index < -0.39 is 10.0 Å². The number of rotatable bonds is 5. The predicted molar refractivity (Wildman–Crippen MR) is 113 cm³/mol. The van der Waals surface area contributed by atoms with Crippen LogP contribution in [0.5, 0.6) is 0 Å². The molecule has 1 aliphatic heterocycles. The van der Waals surface area contributed by atoms with Crippen molar-refractivity contribution in [3.8, 4) is 0 Å². The van der Waals surface area contributed by atoms with Crippen molar-refractivity contribution in [3.05, 3.63) is 48.0 Å². The molecular weight excluding hydrogens is 387 g/mol. The fourth-order valence-corrected chi connectivity index (χ4v) is 4.67. The maximum atomic E-state index is 11.8. The van der Waals surface area contributed by atoms with E-state index in [4.69, 9.17) is 12.8 Å². The lowest BCUT2D eigenvalue weighted by Gasteiger charge is -2.30. The minimum atomic E-state index is -3.16. The van der Waals surface area contributed by atoms with E-state index in [1.807, 2.05) is 31.4 Å². The van der Waals surface area contributed by atoms with E-state index in [2.05, 4.69) is 15.0 Å². The van der Waals surface area contributed by atoms with E-state index in [-0.39, 0.29) is 5.92 Å². The molecule has 10 heteroatoms. The molecule has 4 rings (SSSR count). The molecule has 1 saturated heterocycles. The Kier molecular flexibility index (Phi) is 5.31. The molecule has 0 atom stereocenters. The van der Waals surface area contributed by atoms with Crippen molar-refractivity contribution < 1.29 is 8.42 Å². The highest BCUT2D eigenvalue weighted by Gasteiger charge is 2.27. The number of hydrogen-bond donors (Lipinski definition) is 0. The number of fused-ring (bicyclic) bond motifs is 1. The highest BCUT2D eigenvalue weighted by molar-refractivity contribution is 7.88. The van der Waals surface area contributed by atoms with Gasteiger partial charge in [0.1, 0.15) is 13.7 Å². The van der Waals surface area contributed by atoms with Gasteiger partial charge in [0.2, 0.25) is 10.0 Å². The highest BCUT2D eigenvalue weighted by Crippen LogP contribution is 2.30. The SMILES string of the molecule is [B]c1cnn2c(N(C)Cc3cccnc3)cc(C3CCN(S(C)(=O)=O)CC3)nc12. The van der Waals surface area contributed by atoms with Crippen LogP contribution in [0.3, 0.4) is 0 Å². The van der Waals surface area contributed by atoms with E-state index in [0.29, 0.717) is 30.7 Å². The van der Waals surface area contributed by atoms with Gasteiger partial charge < -0.3 is 4.90 Å². The summed E-state index contributed by atoms with van der Waals surface area (Å²) >= 11 is 0. The Labute approximate surface area is 172 Å². The predicted octanol–water partition coefficient (Wildman–Crippen LogP) is 0.693.